The molecule has 29 heavy (non-hydrogen) atoms. The third kappa shape index (κ3) is 4.88. The van der Waals surface area contributed by atoms with E-state index in [1.54, 1.807) is 12.4 Å². The van der Waals surface area contributed by atoms with Gasteiger partial charge in [-0.2, -0.15) is 4.98 Å². The van der Waals surface area contributed by atoms with Crippen LogP contribution < -0.4 is 10.1 Å². The molecule has 0 unspecified atom stereocenters. The standard InChI is InChI=1S/C22H20N4O3/c27-11-3-4-18-13-25-22(26-21(18)29-19-14-28-15-19)24-12-16-6-8-17(9-7-16)20-5-1-2-10-23-20/h1-2,5-10,13,19,27H,11-12,14-15H2,(H,24,25,26). The Kier molecular flexibility index (Phi) is 5.95. The van der Waals surface area contributed by atoms with Crippen LogP contribution in [0.2, 0.25) is 0 Å². The molecular weight excluding hydrogens is 368 g/mol. The number of nitrogens with zero attached hydrogens (tertiary/aromatic N) is 3. The second-order valence-corrected chi connectivity index (χ2v) is 6.42. The Balaban J connectivity index is 1.44. The molecule has 2 N–H and O–H groups in total. The highest BCUT2D eigenvalue weighted by molar-refractivity contribution is 5.59. The van der Waals surface area contributed by atoms with Gasteiger partial charge >= 0.3 is 0 Å². The fourth-order valence-electron chi connectivity index (χ4n) is 2.71. The average molecular weight is 388 g/mol. The van der Waals surface area contributed by atoms with E-state index in [0.29, 0.717) is 37.2 Å². The topological polar surface area (TPSA) is 89.4 Å². The summed E-state index contributed by atoms with van der Waals surface area (Å²) in [6.45, 7) is 1.39. The molecule has 0 bridgehead atoms. The highest BCUT2D eigenvalue weighted by Crippen LogP contribution is 2.21. The maximum absolute atomic E-state index is 8.92. The predicted octanol–water partition coefficient (Wildman–Crippen LogP) is 2.27. The van der Waals surface area contributed by atoms with E-state index in [4.69, 9.17) is 14.6 Å². The fourth-order valence-corrected chi connectivity index (χ4v) is 2.71. The van der Waals surface area contributed by atoms with Crippen LogP contribution in [0.1, 0.15) is 11.1 Å². The molecule has 3 heterocycles. The molecular formula is C22H20N4O3. The normalized spacial score (nSPS) is 13.1. The van der Waals surface area contributed by atoms with Crippen molar-refractivity contribution >= 4 is 5.95 Å². The Bertz CT molecular complexity index is 1010. The zero-order valence-corrected chi connectivity index (χ0v) is 15.7. The first-order valence-corrected chi connectivity index (χ1v) is 9.27. The quantitative estimate of drug-likeness (QED) is 0.626. The highest BCUT2D eigenvalue weighted by Gasteiger charge is 2.22. The second-order valence-electron chi connectivity index (χ2n) is 6.42. The van der Waals surface area contributed by atoms with Crippen molar-refractivity contribution in [2.24, 2.45) is 0 Å². The Morgan fingerprint density at radius 3 is 2.69 bits per heavy atom. The molecule has 0 aliphatic carbocycles. The lowest BCUT2D eigenvalue weighted by molar-refractivity contribution is -0.0814. The number of hydrogen-bond acceptors (Lipinski definition) is 7. The molecule has 2 aromatic heterocycles. The van der Waals surface area contributed by atoms with Crippen molar-refractivity contribution in [3.63, 3.8) is 0 Å². The van der Waals surface area contributed by atoms with Gasteiger partial charge in [-0.05, 0) is 17.7 Å². The van der Waals surface area contributed by atoms with Gasteiger partial charge in [-0.25, -0.2) is 4.98 Å². The molecule has 4 rings (SSSR count). The van der Waals surface area contributed by atoms with Gasteiger partial charge in [0.15, 0.2) is 0 Å². The summed E-state index contributed by atoms with van der Waals surface area (Å²) in [6.07, 6.45) is 3.34. The third-order valence-corrected chi connectivity index (χ3v) is 4.31. The average Bonchev–Trinajstić information content (AvgIpc) is 2.75. The molecule has 7 nitrogen and oxygen atoms in total. The van der Waals surface area contributed by atoms with Crippen LogP contribution in [0.5, 0.6) is 5.88 Å². The molecule has 0 amide bonds. The van der Waals surface area contributed by atoms with E-state index >= 15 is 0 Å². The van der Waals surface area contributed by atoms with Crippen molar-refractivity contribution in [3.05, 3.63) is 66.0 Å². The van der Waals surface area contributed by atoms with E-state index in [2.05, 4.69) is 32.1 Å². The SMILES string of the molecule is OCC#Cc1cnc(NCc2ccc(-c3ccccn3)cc2)nc1OC1COC1. The summed E-state index contributed by atoms with van der Waals surface area (Å²) >= 11 is 0. The van der Waals surface area contributed by atoms with Gasteiger partial charge in [0, 0.05) is 18.3 Å². The Morgan fingerprint density at radius 1 is 1.14 bits per heavy atom. The summed E-state index contributed by atoms with van der Waals surface area (Å²) in [4.78, 5) is 13.1. The lowest BCUT2D eigenvalue weighted by atomic mass is 10.1. The summed E-state index contributed by atoms with van der Waals surface area (Å²) in [5, 5.41) is 12.1. The van der Waals surface area contributed by atoms with Crippen molar-refractivity contribution in [1.82, 2.24) is 15.0 Å². The van der Waals surface area contributed by atoms with Crippen molar-refractivity contribution in [2.45, 2.75) is 12.6 Å². The van der Waals surface area contributed by atoms with Gasteiger partial charge in [0.05, 0.1) is 25.1 Å². The van der Waals surface area contributed by atoms with Crippen LogP contribution in [0.4, 0.5) is 5.95 Å². The first-order valence-electron chi connectivity index (χ1n) is 9.27. The molecule has 0 atom stereocenters. The molecule has 7 heteroatoms. The van der Waals surface area contributed by atoms with Crippen LogP contribution in [0.25, 0.3) is 11.3 Å². The summed E-state index contributed by atoms with van der Waals surface area (Å²) in [6, 6.07) is 14.0. The Hall–Kier alpha value is -3.47. The Labute approximate surface area is 168 Å². The first kappa shape index (κ1) is 18.9. The van der Waals surface area contributed by atoms with E-state index in [9.17, 15) is 0 Å². The molecule has 0 spiro atoms. The van der Waals surface area contributed by atoms with Gasteiger partial charge in [0.25, 0.3) is 0 Å². The number of anilines is 1. The van der Waals surface area contributed by atoms with Crippen LogP contribution >= 0.6 is 0 Å². The molecule has 3 aromatic rings. The lowest BCUT2D eigenvalue weighted by Gasteiger charge is -2.26. The number of nitrogens with one attached hydrogen (secondary N) is 1. The van der Waals surface area contributed by atoms with Crippen LogP contribution in [0, 0.1) is 11.8 Å². The van der Waals surface area contributed by atoms with Gasteiger partial charge < -0.3 is 19.9 Å². The van der Waals surface area contributed by atoms with E-state index in [1.165, 1.54) is 0 Å². The molecule has 1 fully saturated rings. The number of pyridine rings is 1. The van der Waals surface area contributed by atoms with E-state index in [1.807, 2.05) is 42.5 Å². The smallest absolute Gasteiger partial charge is 0.234 e. The number of hydrogen-bond donors (Lipinski definition) is 2. The van der Waals surface area contributed by atoms with Gasteiger partial charge in [0.2, 0.25) is 11.8 Å². The van der Waals surface area contributed by atoms with Crippen molar-refractivity contribution in [2.75, 3.05) is 25.1 Å². The molecule has 1 aliphatic heterocycles. The molecule has 1 aromatic carbocycles. The van der Waals surface area contributed by atoms with Gasteiger partial charge in [-0.15, -0.1) is 0 Å². The van der Waals surface area contributed by atoms with E-state index < -0.39 is 0 Å². The summed E-state index contributed by atoms with van der Waals surface area (Å²) in [7, 11) is 0. The number of aromatic nitrogens is 3. The van der Waals surface area contributed by atoms with Gasteiger partial charge in [-0.1, -0.05) is 42.2 Å². The Morgan fingerprint density at radius 2 is 2.00 bits per heavy atom. The fraction of sp³-hybridized carbons (Fsp3) is 0.227. The minimum absolute atomic E-state index is 0.0356. The summed E-state index contributed by atoms with van der Waals surface area (Å²) < 4.78 is 11.0. The molecule has 1 saturated heterocycles. The number of aliphatic hydroxyl groups excluding tert-OH is 1. The van der Waals surface area contributed by atoms with Crippen LogP contribution in [0.3, 0.4) is 0 Å². The first-order chi connectivity index (χ1) is 14.3. The van der Waals surface area contributed by atoms with E-state index in [0.717, 1.165) is 16.8 Å². The number of ether oxygens (including phenoxy) is 2. The second kappa shape index (κ2) is 9.15. The summed E-state index contributed by atoms with van der Waals surface area (Å²) in [5.74, 6) is 6.25. The lowest BCUT2D eigenvalue weighted by Crippen LogP contribution is -2.39. The van der Waals surface area contributed by atoms with Crippen LogP contribution in [0.15, 0.2) is 54.9 Å². The number of aliphatic hydroxyl groups is 1. The van der Waals surface area contributed by atoms with Gasteiger partial charge in [0.1, 0.15) is 18.3 Å². The van der Waals surface area contributed by atoms with Crippen molar-refractivity contribution in [1.29, 1.82) is 0 Å². The van der Waals surface area contributed by atoms with Gasteiger partial charge in [-0.3, -0.25) is 4.98 Å². The minimum Gasteiger partial charge on any atom is -0.468 e. The van der Waals surface area contributed by atoms with E-state index in [-0.39, 0.29) is 12.7 Å². The van der Waals surface area contributed by atoms with Crippen LogP contribution in [-0.4, -0.2) is 46.0 Å². The molecule has 0 radical (unpaired) electrons. The van der Waals surface area contributed by atoms with Crippen LogP contribution in [-0.2, 0) is 11.3 Å². The molecule has 146 valence electrons. The number of benzene rings is 1. The van der Waals surface area contributed by atoms with Crippen molar-refractivity contribution in [3.8, 4) is 29.0 Å². The maximum atomic E-state index is 8.92. The predicted molar refractivity (Wildman–Crippen MR) is 108 cm³/mol. The maximum Gasteiger partial charge on any atom is 0.234 e. The monoisotopic (exact) mass is 388 g/mol. The molecule has 1 aliphatic rings. The minimum atomic E-state index is -0.236. The molecule has 0 saturated carbocycles. The zero-order chi connectivity index (χ0) is 19.9. The highest BCUT2D eigenvalue weighted by atomic mass is 16.6. The summed E-state index contributed by atoms with van der Waals surface area (Å²) in [5.41, 5.74) is 3.64. The van der Waals surface area contributed by atoms with Crippen molar-refractivity contribution < 1.29 is 14.6 Å². The zero-order valence-electron chi connectivity index (χ0n) is 15.7. The largest absolute Gasteiger partial charge is 0.468 e. The number of rotatable bonds is 6. The third-order valence-electron chi connectivity index (χ3n) is 4.31.